The van der Waals surface area contributed by atoms with Gasteiger partial charge in [0.05, 0.1) is 13.2 Å². The SMILES string of the molecule is Cc1ccc(C(=O)/C=C\c2cnc(N3CCOCC3)nc2)cc1. The normalized spacial score (nSPS) is 15.1. The van der Waals surface area contributed by atoms with E-state index in [-0.39, 0.29) is 5.78 Å². The highest BCUT2D eigenvalue weighted by molar-refractivity contribution is 6.06. The second-order valence-corrected chi connectivity index (χ2v) is 5.48. The van der Waals surface area contributed by atoms with Crippen molar-refractivity contribution in [3.8, 4) is 0 Å². The summed E-state index contributed by atoms with van der Waals surface area (Å²) in [5.41, 5.74) is 2.62. The van der Waals surface area contributed by atoms with Gasteiger partial charge in [-0.1, -0.05) is 29.8 Å². The van der Waals surface area contributed by atoms with Crippen LogP contribution in [0.4, 0.5) is 5.95 Å². The van der Waals surface area contributed by atoms with Gasteiger partial charge in [0.15, 0.2) is 5.78 Å². The Labute approximate surface area is 135 Å². The molecule has 0 N–H and O–H groups in total. The zero-order valence-electron chi connectivity index (χ0n) is 13.1. The molecule has 118 valence electrons. The average Bonchev–Trinajstić information content (AvgIpc) is 2.61. The van der Waals surface area contributed by atoms with Crippen LogP contribution in [0.3, 0.4) is 0 Å². The van der Waals surface area contributed by atoms with Crippen LogP contribution in [0.25, 0.3) is 6.08 Å². The van der Waals surface area contributed by atoms with E-state index in [1.165, 1.54) is 0 Å². The van der Waals surface area contributed by atoms with Crippen LogP contribution < -0.4 is 4.90 Å². The van der Waals surface area contributed by atoms with Crippen LogP contribution in [0.15, 0.2) is 42.7 Å². The van der Waals surface area contributed by atoms with E-state index in [2.05, 4.69) is 14.9 Å². The van der Waals surface area contributed by atoms with E-state index in [0.717, 1.165) is 24.2 Å². The summed E-state index contributed by atoms with van der Waals surface area (Å²) in [4.78, 5) is 22.9. The molecule has 1 aliphatic rings. The van der Waals surface area contributed by atoms with Crippen molar-refractivity contribution in [1.82, 2.24) is 9.97 Å². The van der Waals surface area contributed by atoms with E-state index < -0.39 is 0 Å². The molecule has 0 spiro atoms. The van der Waals surface area contributed by atoms with E-state index in [4.69, 9.17) is 4.74 Å². The van der Waals surface area contributed by atoms with Crippen molar-refractivity contribution in [2.75, 3.05) is 31.2 Å². The molecule has 5 nitrogen and oxygen atoms in total. The molecule has 23 heavy (non-hydrogen) atoms. The molecule has 3 rings (SSSR count). The molecule has 1 aromatic heterocycles. The van der Waals surface area contributed by atoms with Gasteiger partial charge in [0.2, 0.25) is 5.95 Å². The third-order valence-corrected chi connectivity index (χ3v) is 3.72. The number of rotatable bonds is 4. The summed E-state index contributed by atoms with van der Waals surface area (Å²) in [5, 5.41) is 0. The highest BCUT2D eigenvalue weighted by Crippen LogP contribution is 2.11. The topological polar surface area (TPSA) is 55.3 Å². The second kappa shape index (κ2) is 7.15. The van der Waals surface area contributed by atoms with Crippen LogP contribution in [0, 0.1) is 6.92 Å². The third kappa shape index (κ3) is 4.02. The van der Waals surface area contributed by atoms with Crippen molar-refractivity contribution in [3.63, 3.8) is 0 Å². The monoisotopic (exact) mass is 309 g/mol. The largest absolute Gasteiger partial charge is 0.378 e. The lowest BCUT2D eigenvalue weighted by Gasteiger charge is -2.26. The van der Waals surface area contributed by atoms with Crippen LogP contribution in [-0.2, 0) is 4.74 Å². The summed E-state index contributed by atoms with van der Waals surface area (Å²) in [7, 11) is 0. The molecule has 0 amide bonds. The van der Waals surface area contributed by atoms with Crippen LogP contribution in [0.5, 0.6) is 0 Å². The highest BCUT2D eigenvalue weighted by Gasteiger charge is 2.12. The van der Waals surface area contributed by atoms with Crippen molar-refractivity contribution in [1.29, 1.82) is 0 Å². The molecule has 1 aliphatic heterocycles. The first-order valence-electron chi connectivity index (χ1n) is 7.66. The molecule has 0 aliphatic carbocycles. The first-order chi connectivity index (χ1) is 11.2. The predicted molar refractivity (Wildman–Crippen MR) is 89.6 cm³/mol. The molecular weight excluding hydrogens is 290 g/mol. The summed E-state index contributed by atoms with van der Waals surface area (Å²) in [6, 6.07) is 7.53. The average molecular weight is 309 g/mol. The van der Waals surface area contributed by atoms with E-state index in [9.17, 15) is 4.79 Å². The fourth-order valence-corrected chi connectivity index (χ4v) is 2.33. The van der Waals surface area contributed by atoms with E-state index >= 15 is 0 Å². The fraction of sp³-hybridized carbons (Fsp3) is 0.278. The summed E-state index contributed by atoms with van der Waals surface area (Å²) < 4.78 is 5.31. The molecule has 1 fully saturated rings. The van der Waals surface area contributed by atoms with Gasteiger partial charge in [0, 0.05) is 36.6 Å². The number of allylic oxidation sites excluding steroid dienone is 1. The number of carbonyl (C=O) groups is 1. The Balaban J connectivity index is 1.65. The van der Waals surface area contributed by atoms with Gasteiger partial charge in [-0.3, -0.25) is 4.79 Å². The van der Waals surface area contributed by atoms with Gasteiger partial charge < -0.3 is 9.64 Å². The maximum Gasteiger partial charge on any atom is 0.225 e. The Morgan fingerprint density at radius 2 is 1.78 bits per heavy atom. The van der Waals surface area contributed by atoms with Gasteiger partial charge in [0.25, 0.3) is 0 Å². The number of aryl methyl sites for hydroxylation is 1. The number of hydrogen-bond acceptors (Lipinski definition) is 5. The van der Waals surface area contributed by atoms with Gasteiger partial charge in [-0.05, 0) is 19.1 Å². The van der Waals surface area contributed by atoms with Crippen LogP contribution in [-0.4, -0.2) is 42.1 Å². The van der Waals surface area contributed by atoms with Crippen molar-refractivity contribution in [2.45, 2.75) is 6.92 Å². The van der Waals surface area contributed by atoms with E-state index in [1.54, 1.807) is 24.5 Å². The molecule has 5 heteroatoms. The molecular formula is C18H19N3O2. The number of ether oxygens (including phenoxy) is 1. The van der Waals surface area contributed by atoms with Crippen molar-refractivity contribution in [3.05, 3.63) is 59.4 Å². The predicted octanol–water partition coefficient (Wildman–Crippen LogP) is 2.52. The number of aromatic nitrogens is 2. The van der Waals surface area contributed by atoms with E-state index in [1.807, 2.05) is 31.2 Å². The smallest absolute Gasteiger partial charge is 0.225 e. The third-order valence-electron chi connectivity index (χ3n) is 3.72. The molecule has 0 bridgehead atoms. The van der Waals surface area contributed by atoms with Crippen molar-refractivity contribution < 1.29 is 9.53 Å². The Morgan fingerprint density at radius 3 is 2.43 bits per heavy atom. The number of hydrogen-bond donors (Lipinski definition) is 0. The lowest BCUT2D eigenvalue weighted by molar-refractivity contribution is 0.104. The lowest BCUT2D eigenvalue weighted by atomic mass is 10.1. The maximum absolute atomic E-state index is 12.1. The minimum Gasteiger partial charge on any atom is -0.378 e. The molecule has 1 saturated heterocycles. The highest BCUT2D eigenvalue weighted by atomic mass is 16.5. The zero-order chi connectivity index (χ0) is 16.1. The van der Waals surface area contributed by atoms with Gasteiger partial charge in [0.1, 0.15) is 0 Å². The number of ketones is 1. The summed E-state index contributed by atoms with van der Waals surface area (Å²) >= 11 is 0. The Hall–Kier alpha value is -2.53. The number of carbonyl (C=O) groups excluding carboxylic acids is 1. The lowest BCUT2D eigenvalue weighted by Crippen LogP contribution is -2.37. The summed E-state index contributed by atoms with van der Waals surface area (Å²) in [6.07, 6.45) is 6.76. The van der Waals surface area contributed by atoms with Crippen molar-refractivity contribution >= 4 is 17.8 Å². The first-order valence-corrected chi connectivity index (χ1v) is 7.66. The van der Waals surface area contributed by atoms with Crippen LogP contribution >= 0.6 is 0 Å². The maximum atomic E-state index is 12.1. The minimum absolute atomic E-state index is 0.0257. The molecule has 1 aromatic carbocycles. The van der Waals surface area contributed by atoms with E-state index in [0.29, 0.717) is 24.7 Å². The standard InChI is InChI=1S/C18H19N3O2/c1-14-2-5-16(6-3-14)17(22)7-4-15-12-19-18(20-13-15)21-8-10-23-11-9-21/h2-7,12-13H,8-11H2,1H3/b7-4-. The van der Waals surface area contributed by atoms with Gasteiger partial charge in [-0.15, -0.1) is 0 Å². The Bertz CT molecular complexity index is 687. The molecule has 2 heterocycles. The first kappa shape index (κ1) is 15.4. The van der Waals surface area contributed by atoms with Crippen molar-refractivity contribution in [2.24, 2.45) is 0 Å². The van der Waals surface area contributed by atoms with Crippen LogP contribution in [0.2, 0.25) is 0 Å². The van der Waals surface area contributed by atoms with Crippen LogP contribution in [0.1, 0.15) is 21.5 Å². The quantitative estimate of drug-likeness (QED) is 0.641. The molecule has 0 saturated carbocycles. The minimum atomic E-state index is -0.0257. The summed E-state index contributed by atoms with van der Waals surface area (Å²) in [5.74, 6) is 0.678. The van der Waals surface area contributed by atoms with Gasteiger partial charge in [-0.2, -0.15) is 0 Å². The fourth-order valence-electron chi connectivity index (χ4n) is 2.33. The number of benzene rings is 1. The van der Waals surface area contributed by atoms with Gasteiger partial charge >= 0.3 is 0 Å². The second-order valence-electron chi connectivity index (χ2n) is 5.48. The number of anilines is 1. The van der Waals surface area contributed by atoms with Gasteiger partial charge in [-0.25, -0.2) is 9.97 Å². The number of morpholine rings is 1. The Morgan fingerprint density at radius 1 is 1.13 bits per heavy atom. The zero-order valence-corrected chi connectivity index (χ0v) is 13.1. The molecule has 0 unspecified atom stereocenters. The molecule has 0 radical (unpaired) electrons. The molecule has 2 aromatic rings. The Kier molecular flexibility index (Phi) is 4.78. The number of nitrogens with zero attached hydrogens (tertiary/aromatic N) is 3. The summed E-state index contributed by atoms with van der Waals surface area (Å²) in [6.45, 7) is 5.02. The molecule has 0 atom stereocenters.